The van der Waals surface area contributed by atoms with E-state index in [0.29, 0.717) is 12.2 Å². The Hall–Kier alpha value is -1.36. The van der Waals surface area contributed by atoms with Crippen molar-refractivity contribution in [1.29, 1.82) is 0 Å². The van der Waals surface area contributed by atoms with Crippen LogP contribution in [0.5, 0.6) is 0 Å². The summed E-state index contributed by atoms with van der Waals surface area (Å²) in [5, 5.41) is 10.8. The van der Waals surface area contributed by atoms with Gasteiger partial charge in [-0.15, -0.1) is 0 Å². The molecular formula is C13H15NO3S. The average molecular weight is 265 g/mol. The van der Waals surface area contributed by atoms with Crippen LogP contribution in [-0.4, -0.2) is 28.8 Å². The minimum atomic E-state index is -0.315. The molecule has 1 heterocycles. The molecule has 0 radical (unpaired) electrons. The molecule has 4 nitrogen and oxygen atoms in total. The molecule has 1 aromatic rings. The minimum absolute atomic E-state index is 0.166. The smallest absolute Gasteiger partial charge is 0.211 e. The molecule has 18 heavy (non-hydrogen) atoms. The summed E-state index contributed by atoms with van der Waals surface area (Å²) in [7, 11) is 0. The summed E-state index contributed by atoms with van der Waals surface area (Å²) < 4.78 is 0. The van der Waals surface area contributed by atoms with E-state index in [1.54, 1.807) is 11.8 Å². The van der Waals surface area contributed by atoms with Gasteiger partial charge in [-0.3, -0.25) is 14.9 Å². The molecule has 1 unspecified atom stereocenters. The number of hydrogen-bond donors (Lipinski definition) is 0. The Balaban J connectivity index is 2.24. The lowest BCUT2D eigenvalue weighted by atomic mass is 9.83. The standard InChI is InChI=1S/C13H15NO3S/c15-13-6-7-18-9-12(13)11(8-14(16)17)10-4-2-1-3-5-10/h1-5,11-12H,6-9H2/t11-,12?/m1/s1. The second-order valence-electron chi connectivity index (χ2n) is 4.43. The number of Topliss-reactive ketones (excluding diaryl/α,β-unsaturated/α-hetero) is 1. The van der Waals surface area contributed by atoms with Gasteiger partial charge >= 0.3 is 0 Å². The third-order valence-corrected chi connectivity index (χ3v) is 4.35. The summed E-state index contributed by atoms with van der Waals surface area (Å²) in [5.41, 5.74) is 0.898. The molecule has 0 N–H and O–H groups in total. The van der Waals surface area contributed by atoms with Gasteiger partial charge in [-0.25, -0.2) is 0 Å². The lowest BCUT2D eigenvalue weighted by Crippen LogP contribution is -2.32. The highest BCUT2D eigenvalue weighted by Gasteiger charge is 2.34. The first-order valence-electron chi connectivity index (χ1n) is 5.95. The second-order valence-corrected chi connectivity index (χ2v) is 5.58. The molecule has 2 atom stereocenters. The van der Waals surface area contributed by atoms with E-state index < -0.39 is 0 Å². The van der Waals surface area contributed by atoms with Gasteiger partial charge in [0.1, 0.15) is 5.78 Å². The van der Waals surface area contributed by atoms with Crippen molar-refractivity contribution in [2.24, 2.45) is 5.92 Å². The number of benzene rings is 1. The summed E-state index contributed by atoms with van der Waals surface area (Å²) in [5.74, 6) is 1.21. The fourth-order valence-electron chi connectivity index (χ4n) is 2.33. The lowest BCUT2D eigenvalue weighted by molar-refractivity contribution is -0.484. The zero-order valence-electron chi connectivity index (χ0n) is 9.95. The molecule has 2 rings (SSSR count). The van der Waals surface area contributed by atoms with Gasteiger partial charge in [0.2, 0.25) is 6.54 Å². The van der Waals surface area contributed by atoms with E-state index in [4.69, 9.17) is 0 Å². The Morgan fingerprint density at radius 1 is 1.39 bits per heavy atom. The number of nitro groups is 1. The fourth-order valence-corrected chi connectivity index (χ4v) is 3.51. The van der Waals surface area contributed by atoms with Crippen LogP contribution in [0, 0.1) is 16.0 Å². The number of carbonyl (C=O) groups is 1. The van der Waals surface area contributed by atoms with E-state index in [1.165, 1.54) is 0 Å². The van der Waals surface area contributed by atoms with E-state index in [9.17, 15) is 14.9 Å². The molecule has 0 amide bonds. The highest BCUT2D eigenvalue weighted by atomic mass is 32.2. The summed E-state index contributed by atoms with van der Waals surface area (Å²) in [6, 6.07) is 9.36. The predicted molar refractivity (Wildman–Crippen MR) is 71.5 cm³/mol. The first-order valence-corrected chi connectivity index (χ1v) is 7.11. The van der Waals surface area contributed by atoms with Crippen LogP contribution in [0.4, 0.5) is 0 Å². The van der Waals surface area contributed by atoms with Crippen LogP contribution in [0.15, 0.2) is 30.3 Å². The average Bonchev–Trinajstić information content (AvgIpc) is 2.38. The van der Waals surface area contributed by atoms with Crippen LogP contribution < -0.4 is 0 Å². The molecular weight excluding hydrogens is 250 g/mol. The Labute approximate surface area is 110 Å². The number of nitrogens with zero attached hydrogens (tertiary/aromatic N) is 1. The van der Waals surface area contributed by atoms with Crippen molar-refractivity contribution in [2.45, 2.75) is 12.3 Å². The molecule has 96 valence electrons. The molecule has 0 saturated carbocycles. The normalized spacial score (nSPS) is 21.6. The highest BCUT2D eigenvalue weighted by molar-refractivity contribution is 7.99. The Morgan fingerprint density at radius 3 is 2.72 bits per heavy atom. The second kappa shape index (κ2) is 6.00. The minimum Gasteiger partial charge on any atom is -0.299 e. The summed E-state index contributed by atoms with van der Waals surface area (Å²) >= 11 is 1.71. The third-order valence-electron chi connectivity index (χ3n) is 3.26. The number of hydrogen-bond acceptors (Lipinski definition) is 4. The summed E-state index contributed by atoms with van der Waals surface area (Å²) in [4.78, 5) is 22.5. The van der Waals surface area contributed by atoms with Gasteiger partial charge in [0, 0.05) is 28.8 Å². The monoisotopic (exact) mass is 265 g/mol. The van der Waals surface area contributed by atoms with Gasteiger partial charge in [-0.1, -0.05) is 30.3 Å². The van der Waals surface area contributed by atoms with Crippen molar-refractivity contribution in [3.05, 3.63) is 46.0 Å². The van der Waals surface area contributed by atoms with Crippen molar-refractivity contribution in [3.8, 4) is 0 Å². The maximum atomic E-state index is 12.0. The van der Waals surface area contributed by atoms with Crippen LogP contribution >= 0.6 is 11.8 Å². The number of ketones is 1. The van der Waals surface area contributed by atoms with Crippen molar-refractivity contribution in [3.63, 3.8) is 0 Å². The van der Waals surface area contributed by atoms with Crippen molar-refractivity contribution in [2.75, 3.05) is 18.1 Å². The van der Waals surface area contributed by atoms with Crippen LogP contribution in [0.2, 0.25) is 0 Å². The van der Waals surface area contributed by atoms with E-state index in [2.05, 4.69) is 0 Å². The van der Waals surface area contributed by atoms with Crippen LogP contribution in [0.3, 0.4) is 0 Å². The molecule has 1 aromatic carbocycles. The van der Waals surface area contributed by atoms with Gasteiger partial charge < -0.3 is 0 Å². The largest absolute Gasteiger partial charge is 0.299 e. The molecule has 1 aliphatic heterocycles. The molecule has 0 aliphatic carbocycles. The van der Waals surface area contributed by atoms with E-state index in [0.717, 1.165) is 11.3 Å². The maximum Gasteiger partial charge on any atom is 0.211 e. The maximum absolute atomic E-state index is 12.0. The van der Waals surface area contributed by atoms with E-state index in [1.807, 2.05) is 30.3 Å². The van der Waals surface area contributed by atoms with Crippen LogP contribution in [-0.2, 0) is 4.79 Å². The Kier molecular flexibility index (Phi) is 4.36. The van der Waals surface area contributed by atoms with Gasteiger partial charge in [0.05, 0.1) is 5.92 Å². The van der Waals surface area contributed by atoms with Gasteiger partial charge in [-0.05, 0) is 5.56 Å². The number of rotatable bonds is 4. The van der Waals surface area contributed by atoms with Gasteiger partial charge in [-0.2, -0.15) is 11.8 Å². The zero-order valence-corrected chi connectivity index (χ0v) is 10.8. The topological polar surface area (TPSA) is 60.2 Å². The fraction of sp³-hybridized carbons (Fsp3) is 0.462. The molecule has 5 heteroatoms. The Morgan fingerprint density at radius 2 is 2.11 bits per heavy atom. The van der Waals surface area contributed by atoms with Crippen molar-refractivity contribution < 1.29 is 9.72 Å². The number of carbonyl (C=O) groups excluding carboxylic acids is 1. The number of thioether (sulfide) groups is 1. The third kappa shape index (κ3) is 3.10. The quantitative estimate of drug-likeness (QED) is 0.619. The first kappa shape index (κ1) is 13.1. The predicted octanol–water partition coefficient (Wildman–Crippen LogP) is 2.37. The molecule has 1 aliphatic rings. The summed E-state index contributed by atoms with van der Waals surface area (Å²) in [6.45, 7) is -0.166. The highest BCUT2D eigenvalue weighted by Crippen LogP contribution is 2.32. The van der Waals surface area contributed by atoms with Crippen LogP contribution in [0.1, 0.15) is 17.9 Å². The molecule has 0 aromatic heterocycles. The molecule has 1 fully saturated rings. The van der Waals surface area contributed by atoms with Gasteiger partial charge in [0.15, 0.2) is 0 Å². The van der Waals surface area contributed by atoms with E-state index in [-0.39, 0.29) is 29.1 Å². The van der Waals surface area contributed by atoms with Crippen LogP contribution in [0.25, 0.3) is 0 Å². The molecule has 1 saturated heterocycles. The van der Waals surface area contributed by atoms with E-state index >= 15 is 0 Å². The van der Waals surface area contributed by atoms with Gasteiger partial charge in [0.25, 0.3) is 0 Å². The Bertz CT molecular complexity index is 435. The van der Waals surface area contributed by atoms with Crippen molar-refractivity contribution in [1.82, 2.24) is 0 Å². The SMILES string of the molecule is O=C1CCSCC1[C@H](C[N+](=O)[O-])c1ccccc1. The zero-order chi connectivity index (χ0) is 13.0. The van der Waals surface area contributed by atoms with Crippen molar-refractivity contribution >= 4 is 17.5 Å². The lowest BCUT2D eigenvalue weighted by Gasteiger charge is -2.26. The summed E-state index contributed by atoms with van der Waals surface area (Å²) in [6.07, 6.45) is 0.538. The molecule has 0 bridgehead atoms. The first-order chi connectivity index (χ1) is 8.68. The molecule has 0 spiro atoms.